The molecule has 2 heterocycles. The molecule has 1 atom stereocenters. The highest BCUT2D eigenvalue weighted by Crippen LogP contribution is 2.26. The van der Waals surface area contributed by atoms with Gasteiger partial charge in [0.25, 0.3) is 0 Å². The third-order valence-corrected chi connectivity index (χ3v) is 3.65. The number of aromatic nitrogens is 3. The minimum atomic E-state index is -0.296. The second kappa shape index (κ2) is 6.17. The van der Waals surface area contributed by atoms with Gasteiger partial charge in [-0.3, -0.25) is 4.79 Å². The summed E-state index contributed by atoms with van der Waals surface area (Å²) >= 11 is 6.19. The molecule has 3 rings (SSSR count). The predicted molar refractivity (Wildman–Crippen MR) is 86.7 cm³/mol. The molecular weight excluding hydrogens is 300 g/mol. The number of halogens is 1. The zero-order valence-corrected chi connectivity index (χ0v) is 12.5. The van der Waals surface area contributed by atoms with Gasteiger partial charge in [0.05, 0.1) is 6.04 Å². The van der Waals surface area contributed by atoms with E-state index >= 15 is 0 Å². The first kappa shape index (κ1) is 14.6. The van der Waals surface area contributed by atoms with Gasteiger partial charge in [-0.1, -0.05) is 41.9 Å². The lowest BCUT2D eigenvalue weighted by Crippen LogP contribution is -2.15. The maximum atomic E-state index is 11.4. The monoisotopic (exact) mass is 314 g/mol. The standard InChI is InChI=1S/C16H15ClN4O/c17-15-14(11-6-7-19-13(22)9-11)20-16(21-15)12(18)8-10-4-2-1-3-5-10/h1-7,9,12H,8,18H2,(H,19,22)(H,20,21). The molecule has 4 N–H and O–H groups in total. The van der Waals surface area contributed by atoms with E-state index in [1.165, 1.54) is 6.07 Å². The third kappa shape index (κ3) is 3.10. The molecule has 0 radical (unpaired) electrons. The lowest BCUT2D eigenvalue weighted by molar-refractivity contribution is 0.678. The van der Waals surface area contributed by atoms with Gasteiger partial charge in [-0.05, 0) is 18.1 Å². The summed E-state index contributed by atoms with van der Waals surface area (Å²) in [6.07, 6.45) is 2.21. The van der Waals surface area contributed by atoms with Crippen molar-refractivity contribution in [3.05, 3.63) is 75.6 Å². The SMILES string of the molecule is NC(Cc1ccccc1)c1nc(-c2cc[nH]c(=O)c2)c(Cl)[nH]1. The van der Waals surface area contributed by atoms with Crippen LogP contribution in [0.25, 0.3) is 11.3 Å². The number of hydrogen-bond acceptors (Lipinski definition) is 3. The maximum Gasteiger partial charge on any atom is 0.248 e. The summed E-state index contributed by atoms with van der Waals surface area (Å²) in [7, 11) is 0. The molecule has 0 aliphatic heterocycles. The van der Waals surface area contributed by atoms with Crippen molar-refractivity contribution in [3.8, 4) is 11.3 Å². The van der Waals surface area contributed by atoms with Crippen molar-refractivity contribution >= 4 is 11.6 Å². The number of rotatable bonds is 4. The number of aromatic amines is 2. The maximum absolute atomic E-state index is 11.4. The summed E-state index contributed by atoms with van der Waals surface area (Å²) in [5.74, 6) is 0.601. The van der Waals surface area contributed by atoms with Gasteiger partial charge < -0.3 is 15.7 Å². The van der Waals surface area contributed by atoms with Crippen LogP contribution in [0.2, 0.25) is 5.15 Å². The second-order valence-corrected chi connectivity index (χ2v) is 5.40. The van der Waals surface area contributed by atoms with Crippen molar-refractivity contribution in [2.24, 2.45) is 5.73 Å². The van der Waals surface area contributed by atoms with Crippen molar-refractivity contribution in [2.45, 2.75) is 12.5 Å². The number of pyridine rings is 1. The van der Waals surface area contributed by atoms with E-state index in [1.807, 2.05) is 30.3 Å². The Balaban J connectivity index is 1.87. The van der Waals surface area contributed by atoms with Crippen LogP contribution in [0.1, 0.15) is 17.4 Å². The van der Waals surface area contributed by atoms with Crippen molar-refractivity contribution < 1.29 is 0 Å². The highest BCUT2D eigenvalue weighted by Gasteiger charge is 2.16. The van der Waals surface area contributed by atoms with Crippen molar-refractivity contribution in [2.75, 3.05) is 0 Å². The molecule has 0 spiro atoms. The normalized spacial score (nSPS) is 12.3. The van der Waals surface area contributed by atoms with Gasteiger partial charge in [0.2, 0.25) is 5.56 Å². The van der Waals surface area contributed by atoms with Gasteiger partial charge in [-0.25, -0.2) is 4.98 Å². The number of nitrogens with two attached hydrogens (primary N) is 1. The first-order chi connectivity index (χ1) is 10.6. The van der Waals surface area contributed by atoms with Crippen LogP contribution in [0, 0.1) is 0 Å². The van der Waals surface area contributed by atoms with E-state index in [4.69, 9.17) is 17.3 Å². The molecule has 22 heavy (non-hydrogen) atoms. The average molecular weight is 315 g/mol. The Morgan fingerprint density at radius 1 is 1.23 bits per heavy atom. The van der Waals surface area contributed by atoms with E-state index in [2.05, 4.69) is 15.0 Å². The molecule has 0 saturated carbocycles. The highest BCUT2D eigenvalue weighted by atomic mass is 35.5. The topological polar surface area (TPSA) is 87.6 Å². The van der Waals surface area contributed by atoms with Crippen LogP contribution in [0.3, 0.4) is 0 Å². The Hall–Kier alpha value is -2.37. The smallest absolute Gasteiger partial charge is 0.248 e. The number of nitrogens with one attached hydrogen (secondary N) is 2. The van der Waals surface area contributed by atoms with E-state index in [0.717, 1.165) is 5.56 Å². The van der Waals surface area contributed by atoms with E-state index in [-0.39, 0.29) is 11.6 Å². The fourth-order valence-corrected chi connectivity index (χ4v) is 2.54. The number of imidazole rings is 1. The molecule has 0 aliphatic rings. The molecule has 5 nitrogen and oxygen atoms in total. The van der Waals surface area contributed by atoms with Crippen LogP contribution in [0.4, 0.5) is 0 Å². The number of H-pyrrole nitrogens is 2. The Morgan fingerprint density at radius 2 is 2.00 bits per heavy atom. The minimum absolute atomic E-state index is 0.202. The van der Waals surface area contributed by atoms with Crippen molar-refractivity contribution in [1.82, 2.24) is 15.0 Å². The zero-order valence-electron chi connectivity index (χ0n) is 11.7. The molecule has 3 aromatic rings. The van der Waals surface area contributed by atoms with Crippen LogP contribution in [-0.4, -0.2) is 15.0 Å². The first-order valence-corrected chi connectivity index (χ1v) is 7.25. The Bertz CT molecular complexity index is 825. The molecule has 6 heteroatoms. The van der Waals surface area contributed by atoms with Crippen LogP contribution in [0.5, 0.6) is 0 Å². The van der Waals surface area contributed by atoms with Crippen LogP contribution >= 0.6 is 11.6 Å². The molecule has 0 amide bonds. The Labute approximate surface area is 132 Å². The molecule has 112 valence electrons. The van der Waals surface area contributed by atoms with Gasteiger partial charge in [-0.15, -0.1) is 0 Å². The summed E-state index contributed by atoms with van der Waals surface area (Å²) < 4.78 is 0. The van der Waals surface area contributed by atoms with E-state index in [9.17, 15) is 4.79 Å². The largest absolute Gasteiger partial charge is 0.331 e. The molecule has 0 bridgehead atoms. The zero-order chi connectivity index (χ0) is 15.5. The van der Waals surface area contributed by atoms with Gasteiger partial charge in [0, 0.05) is 17.8 Å². The summed E-state index contributed by atoms with van der Waals surface area (Å²) in [6, 6.07) is 12.8. The van der Waals surface area contributed by atoms with Gasteiger partial charge in [-0.2, -0.15) is 0 Å². The van der Waals surface area contributed by atoms with Gasteiger partial charge in [0.1, 0.15) is 16.7 Å². The fourth-order valence-electron chi connectivity index (χ4n) is 2.29. The molecule has 1 unspecified atom stereocenters. The third-order valence-electron chi connectivity index (χ3n) is 3.38. The number of hydrogen-bond donors (Lipinski definition) is 3. The second-order valence-electron chi connectivity index (χ2n) is 5.02. The molecule has 0 aliphatic carbocycles. The molecule has 0 fully saturated rings. The average Bonchev–Trinajstić information content (AvgIpc) is 2.90. The summed E-state index contributed by atoms with van der Waals surface area (Å²) in [6.45, 7) is 0. The van der Waals surface area contributed by atoms with Crippen LogP contribution < -0.4 is 11.3 Å². The minimum Gasteiger partial charge on any atom is -0.331 e. The van der Waals surface area contributed by atoms with Gasteiger partial charge in [0.15, 0.2) is 0 Å². The Morgan fingerprint density at radius 3 is 2.73 bits per heavy atom. The predicted octanol–water partition coefficient (Wildman–Crippen LogP) is 2.66. The number of nitrogens with zero attached hydrogens (tertiary/aromatic N) is 1. The van der Waals surface area contributed by atoms with E-state index in [1.54, 1.807) is 12.3 Å². The van der Waals surface area contributed by atoms with Crippen LogP contribution in [0.15, 0.2) is 53.5 Å². The van der Waals surface area contributed by atoms with Gasteiger partial charge >= 0.3 is 0 Å². The quantitative estimate of drug-likeness (QED) is 0.692. The first-order valence-electron chi connectivity index (χ1n) is 6.87. The van der Waals surface area contributed by atoms with E-state index in [0.29, 0.717) is 28.7 Å². The van der Waals surface area contributed by atoms with E-state index < -0.39 is 0 Å². The lowest BCUT2D eigenvalue weighted by atomic mass is 10.1. The molecular formula is C16H15ClN4O. The van der Waals surface area contributed by atoms with Crippen molar-refractivity contribution in [1.29, 1.82) is 0 Å². The Kier molecular flexibility index (Phi) is 4.09. The molecule has 0 saturated heterocycles. The summed E-state index contributed by atoms with van der Waals surface area (Å²) in [4.78, 5) is 21.4. The van der Waals surface area contributed by atoms with Crippen LogP contribution in [-0.2, 0) is 6.42 Å². The fraction of sp³-hybridized carbons (Fsp3) is 0.125. The molecule has 1 aromatic carbocycles. The molecule has 2 aromatic heterocycles. The highest BCUT2D eigenvalue weighted by molar-refractivity contribution is 6.31. The summed E-state index contributed by atoms with van der Waals surface area (Å²) in [5, 5.41) is 0.379. The number of benzene rings is 1. The summed E-state index contributed by atoms with van der Waals surface area (Å²) in [5.41, 5.74) is 8.31. The van der Waals surface area contributed by atoms with Crippen molar-refractivity contribution in [3.63, 3.8) is 0 Å². The lowest BCUT2D eigenvalue weighted by Gasteiger charge is -2.08.